The molecule has 1 unspecified atom stereocenters. The topological polar surface area (TPSA) is 20.2 Å². The van der Waals surface area contributed by atoms with Crippen LogP contribution in [-0.4, -0.2) is 11.2 Å². The molecule has 0 spiro atoms. The minimum atomic E-state index is -0.213. The molecule has 0 heterocycles. The SMILES string of the molecule is CC1=CC(O)[C@@H]2C(C)(C)CCC[C@]12C. The zero-order valence-electron chi connectivity index (χ0n) is 9.80. The normalized spacial score (nSPS) is 45.9. The molecule has 0 aliphatic heterocycles. The summed E-state index contributed by atoms with van der Waals surface area (Å²) in [5, 5.41) is 10.1. The maximum atomic E-state index is 10.1. The van der Waals surface area contributed by atoms with E-state index in [4.69, 9.17) is 0 Å². The zero-order chi connectivity index (χ0) is 10.6. The molecule has 14 heavy (non-hydrogen) atoms. The van der Waals surface area contributed by atoms with Crippen molar-refractivity contribution in [2.45, 2.75) is 53.1 Å². The van der Waals surface area contributed by atoms with Crippen LogP contribution in [0.3, 0.4) is 0 Å². The lowest BCUT2D eigenvalue weighted by Gasteiger charge is -2.49. The van der Waals surface area contributed by atoms with Gasteiger partial charge in [0.25, 0.3) is 0 Å². The van der Waals surface area contributed by atoms with Gasteiger partial charge in [0.2, 0.25) is 0 Å². The van der Waals surface area contributed by atoms with Crippen molar-refractivity contribution >= 4 is 0 Å². The second-order valence-electron chi connectivity index (χ2n) is 6.08. The fourth-order valence-electron chi connectivity index (χ4n) is 3.91. The van der Waals surface area contributed by atoms with Crippen LogP contribution >= 0.6 is 0 Å². The second-order valence-corrected chi connectivity index (χ2v) is 6.08. The summed E-state index contributed by atoms with van der Waals surface area (Å²) < 4.78 is 0. The highest BCUT2D eigenvalue weighted by molar-refractivity contribution is 5.26. The fraction of sp³-hybridized carbons (Fsp3) is 0.846. The van der Waals surface area contributed by atoms with Gasteiger partial charge in [-0.25, -0.2) is 0 Å². The van der Waals surface area contributed by atoms with Gasteiger partial charge in [0.15, 0.2) is 0 Å². The van der Waals surface area contributed by atoms with E-state index in [1.54, 1.807) is 0 Å². The Balaban J connectivity index is 2.40. The summed E-state index contributed by atoms with van der Waals surface area (Å²) in [4.78, 5) is 0. The molecule has 0 bridgehead atoms. The Kier molecular flexibility index (Phi) is 2.08. The van der Waals surface area contributed by atoms with Crippen LogP contribution in [-0.2, 0) is 0 Å². The molecule has 0 radical (unpaired) electrons. The Morgan fingerprint density at radius 3 is 2.50 bits per heavy atom. The molecular weight excluding hydrogens is 172 g/mol. The highest BCUT2D eigenvalue weighted by atomic mass is 16.3. The lowest BCUT2D eigenvalue weighted by molar-refractivity contribution is -0.0273. The number of hydrogen-bond acceptors (Lipinski definition) is 1. The molecule has 0 saturated heterocycles. The van der Waals surface area contributed by atoms with Crippen LogP contribution in [0.2, 0.25) is 0 Å². The lowest BCUT2D eigenvalue weighted by Crippen LogP contribution is -2.44. The number of hydrogen-bond donors (Lipinski definition) is 1. The quantitative estimate of drug-likeness (QED) is 0.587. The van der Waals surface area contributed by atoms with Crippen LogP contribution in [0.1, 0.15) is 47.0 Å². The Labute approximate surface area is 87.2 Å². The maximum Gasteiger partial charge on any atom is 0.0765 e. The van der Waals surface area contributed by atoms with E-state index in [1.807, 2.05) is 0 Å². The van der Waals surface area contributed by atoms with Crippen molar-refractivity contribution in [3.8, 4) is 0 Å². The highest BCUT2D eigenvalue weighted by Gasteiger charge is 2.53. The second kappa shape index (κ2) is 2.85. The molecular formula is C13H22O. The third kappa shape index (κ3) is 1.18. The maximum absolute atomic E-state index is 10.1. The lowest BCUT2D eigenvalue weighted by atomic mass is 9.56. The molecule has 1 heteroatoms. The smallest absolute Gasteiger partial charge is 0.0765 e. The van der Waals surface area contributed by atoms with Gasteiger partial charge in [0.1, 0.15) is 0 Å². The van der Waals surface area contributed by atoms with E-state index < -0.39 is 0 Å². The first-order valence-corrected chi connectivity index (χ1v) is 5.75. The van der Waals surface area contributed by atoms with Gasteiger partial charge in [-0.1, -0.05) is 38.8 Å². The summed E-state index contributed by atoms with van der Waals surface area (Å²) in [7, 11) is 0. The van der Waals surface area contributed by atoms with Crippen LogP contribution in [0.25, 0.3) is 0 Å². The molecule has 2 aliphatic carbocycles. The van der Waals surface area contributed by atoms with Gasteiger partial charge >= 0.3 is 0 Å². The average molecular weight is 194 g/mol. The van der Waals surface area contributed by atoms with E-state index in [0.29, 0.717) is 11.3 Å². The van der Waals surface area contributed by atoms with E-state index in [9.17, 15) is 5.11 Å². The largest absolute Gasteiger partial charge is 0.389 e. The van der Waals surface area contributed by atoms with Crippen LogP contribution in [0.4, 0.5) is 0 Å². The molecule has 0 aromatic rings. The average Bonchev–Trinajstić information content (AvgIpc) is 2.22. The van der Waals surface area contributed by atoms with Crippen molar-refractivity contribution in [3.05, 3.63) is 11.6 Å². The molecule has 0 amide bonds. The molecule has 0 aromatic carbocycles. The van der Waals surface area contributed by atoms with Gasteiger partial charge in [-0.3, -0.25) is 0 Å². The van der Waals surface area contributed by atoms with Gasteiger partial charge in [-0.2, -0.15) is 0 Å². The van der Waals surface area contributed by atoms with Crippen molar-refractivity contribution in [2.24, 2.45) is 16.7 Å². The molecule has 0 aromatic heterocycles. The van der Waals surface area contributed by atoms with Gasteiger partial charge in [-0.15, -0.1) is 0 Å². The van der Waals surface area contributed by atoms with Gasteiger partial charge in [-0.05, 0) is 30.6 Å². The number of rotatable bonds is 0. The van der Waals surface area contributed by atoms with E-state index >= 15 is 0 Å². The molecule has 3 atom stereocenters. The molecule has 1 fully saturated rings. The number of aliphatic hydroxyl groups excluding tert-OH is 1. The standard InChI is InChI=1S/C13H22O/c1-9-8-10(14)11-12(2,3)6-5-7-13(9,11)4/h8,10-11,14H,5-7H2,1-4H3/t10?,11-,13-/m1/s1. The Morgan fingerprint density at radius 2 is 1.93 bits per heavy atom. The first-order valence-electron chi connectivity index (χ1n) is 5.75. The van der Waals surface area contributed by atoms with Crippen molar-refractivity contribution < 1.29 is 5.11 Å². The fourth-order valence-corrected chi connectivity index (χ4v) is 3.91. The highest BCUT2D eigenvalue weighted by Crippen LogP contribution is 2.59. The minimum Gasteiger partial charge on any atom is -0.389 e. The Bertz CT molecular complexity index is 277. The van der Waals surface area contributed by atoms with Crippen LogP contribution in [0, 0.1) is 16.7 Å². The van der Waals surface area contributed by atoms with Crippen LogP contribution in [0.5, 0.6) is 0 Å². The number of allylic oxidation sites excluding steroid dienone is 1. The van der Waals surface area contributed by atoms with Crippen LogP contribution in [0.15, 0.2) is 11.6 Å². The summed E-state index contributed by atoms with van der Waals surface area (Å²) in [5.41, 5.74) is 1.96. The predicted octanol–water partition coefficient (Wildman–Crippen LogP) is 3.14. The zero-order valence-corrected chi connectivity index (χ0v) is 9.80. The van der Waals surface area contributed by atoms with Crippen molar-refractivity contribution in [1.29, 1.82) is 0 Å². The minimum absolute atomic E-state index is 0.213. The summed E-state index contributed by atoms with van der Waals surface area (Å²) in [5.74, 6) is 0.434. The number of fused-ring (bicyclic) bond motifs is 1. The first-order chi connectivity index (χ1) is 6.38. The van der Waals surface area contributed by atoms with Crippen molar-refractivity contribution in [1.82, 2.24) is 0 Å². The van der Waals surface area contributed by atoms with Gasteiger partial charge < -0.3 is 5.11 Å². The monoisotopic (exact) mass is 194 g/mol. The third-order valence-corrected chi connectivity index (χ3v) is 4.71. The third-order valence-electron chi connectivity index (χ3n) is 4.71. The molecule has 2 aliphatic rings. The Hall–Kier alpha value is -0.300. The molecule has 1 nitrogen and oxygen atoms in total. The molecule has 80 valence electrons. The predicted molar refractivity (Wildman–Crippen MR) is 59.0 cm³/mol. The van der Waals surface area contributed by atoms with Crippen molar-refractivity contribution in [2.75, 3.05) is 0 Å². The first kappa shape index (κ1) is 10.2. The van der Waals surface area contributed by atoms with E-state index in [1.165, 1.54) is 24.8 Å². The van der Waals surface area contributed by atoms with Crippen LogP contribution < -0.4 is 0 Å². The van der Waals surface area contributed by atoms with E-state index in [0.717, 1.165) is 0 Å². The Morgan fingerprint density at radius 1 is 1.29 bits per heavy atom. The number of aliphatic hydroxyl groups is 1. The van der Waals surface area contributed by atoms with E-state index in [2.05, 4.69) is 33.8 Å². The molecule has 1 saturated carbocycles. The summed E-state index contributed by atoms with van der Waals surface area (Å²) in [6.45, 7) is 9.14. The molecule has 2 rings (SSSR count). The summed E-state index contributed by atoms with van der Waals surface area (Å²) in [6, 6.07) is 0. The van der Waals surface area contributed by atoms with E-state index in [-0.39, 0.29) is 11.5 Å². The van der Waals surface area contributed by atoms with Gasteiger partial charge in [0.05, 0.1) is 6.10 Å². The van der Waals surface area contributed by atoms with Crippen molar-refractivity contribution in [3.63, 3.8) is 0 Å². The summed E-state index contributed by atoms with van der Waals surface area (Å²) in [6.07, 6.45) is 5.68. The van der Waals surface area contributed by atoms with Gasteiger partial charge in [0, 0.05) is 5.92 Å². The summed E-state index contributed by atoms with van der Waals surface area (Å²) >= 11 is 0. The molecule has 1 N–H and O–H groups in total.